The molecule has 0 saturated carbocycles. The molecule has 0 aliphatic carbocycles. The Morgan fingerprint density at radius 3 is 2.50 bits per heavy atom. The summed E-state index contributed by atoms with van der Waals surface area (Å²) in [6.07, 6.45) is 3.64. The molecule has 0 fully saturated rings. The second-order valence-electron chi connectivity index (χ2n) is 8.11. The van der Waals surface area contributed by atoms with E-state index in [9.17, 15) is 14.4 Å². The summed E-state index contributed by atoms with van der Waals surface area (Å²) >= 11 is 3.31. The first kappa shape index (κ1) is 23.5. The number of Topliss-reactive ketones (excluding diaryl/α,β-unsaturated/α-hetero) is 1. The van der Waals surface area contributed by atoms with E-state index in [1.807, 2.05) is 26.0 Å². The number of fused-ring (bicyclic) bond motifs is 1. The first-order chi connectivity index (χ1) is 15.1. The monoisotopic (exact) mass is 500 g/mol. The highest BCUT2D eigenvalue weighted by Crippen LogP contribution is 2.36. The van der Waals surface area contributed by atoms with Gasteiger partial charge in [-0.25, -0.2) is 4.79 Å². The van der Waals surface area contributed by atoms with Gasteiger partial charge in [0.25, 0.3) is 0 Å². The zero-order valence-corrected chi connectivity index (χ0v) is 19.7. The number of nitrogens with two attached hydrogens (primary N) is 1. The number of hydrogen-bond donors (Lipinski definition) is 2. The molecule has 1 aliphatic rings. The molecule has 0 unspecified atom stereocenters. The number of carbonyl (C=O) groups is 3. The maximum absolute atomic E-state index is 13.0. The van der Waals surface area contributed by atoms with Gasteiger partial charge in [-0.2, -0.15) is 0 Å². The fourth-order valence-corrected chi connectivity index (χ4v) is 3.60. The molecule has 1 amide bonds. The van der Waals surface area contributed by atoms with Crippen LogP contribution >= 0.6 is 15.9 Å². The molecule has 1 atom stereocenters. The van der Waals surface area contributed by atoms with E-state index < -0.39 is 17.6 Å². The number of benzene rings is 2. The molecular formula is C24H25BrN2O5. The van der Waals surface area contributed by atoms with Crippen LogP contribution in [0.3, 0.4) is 0 Å². The van der Waals surface area contributed by atoms with E-state index in [4.69, 9.17) is 15.2 Å². The molecular weight excluding hydrogens is 476 g/mol. The number of carbonyl (C=O) groups excluding carboxylic acids is 3. The van der Waals surface area contributed by atoms with Crippen LogP contribution < -0.4 is 15.8 Å². The van der Waals surface area contributed by atoms with Gasteiger partial charge in [-0.1, -0.05) is 15.9 Å². The van der Waals surface area contributed by atoms with Crippen molar-refractivity contribution in [3.63, 3.8) is 0 Å². The molecule has 0 bridgehead atoms. The number of hydrogen-bond acceptors (Lipinski definition) is 6. The number of ketones is 1. The lowest BCUT2D eigenvalue weighted by molar-refractivity contribution is -0.120. The van der Waals surface area contributed by atoms with E-state index in [2.05, 4.69) is 21.2 Å². The third kappa shape index (κ3) is 5.76. The number of esters is 1. The van der Waals surface area contributed by atoms with E-state index in [0.29, 0.717) is 28.1 Å². The smallest absolute Gasteiger partial charge is 0.338 e. The van der Waals surface area contributed by atoms with Gasteiger partial charge >= 0.3 is 5.97 Å². The van der Waals surface area contributed by atoms with Gasteiger partial charge in [0.1, 0.15) is 18.0 Å². The maximum atomic E-state index is 13.0. The van der Waals surface area contributed by atoms with Crippen LogP contribution in [-0.4, -0.2) is 35.9 Å². The summed E-state index contributed by atoms with van der Waals surface area (Å²) in [5.74, 6) is -0.548. The summed E-state index contributed by atoms with van der Waals surface area (Å²) in [5.41, 5.74) is 7.45. The number of nitrogens with one attached hydrogen (secondary N) is 1. The number of halogens is 1. The van der Waals surface area contributed by atoms with E-state index in [-0.39, 0.29) is 24.7 Å². The van der Waals surface area contributed by atoms with Gasteiger partial charge in [-0.3, -0.25) is 9.59 Å². The summed E-state index contributed by atoms with van der Waals surface area (Å²) in [6.45, 7) is 5.04. The van der Waals surface area contributed by atoms with Crippen LogP contribution in [0.4, 0.5) is 5.69 Å². The minimum absolute atomic E-state index is 0.0771. The normalized spacial score (nSPS) is 14.6. The molecule has 168 valence electrons. The molecule has 7 nitrogen and oxygen atoms in total. The van der Waals surface area contributed by atoms with Crippen molar-refractivity contribution in [2.24, 2.45) is 0 Å². The highest BCUT2D eigenvalue weighted by molar-refractivity contribution is 9.10. The molecule has 1 heterocycles. The van der Waals surface area contributed by atoms with Crippen LogP contribution in [-0.2, 0) is 9.53 Å². The lowest BCUT2D eigenvalue weighted by atomic mass is 9.95. The molecule has 2 aromatic rings. The lowest BCUT2D eigenvalue weighted by Crippen LogP contribution is -2.39. The summed E-state index contributed by atoms with van der Waals surface area (Å²) < 4.78 is 12.1. The minimum atomic E-state index is -0.694. The average Bonchev–Trinajstić information content (AvgIpc) is 2.71. The first-order valence-electron chi connectivity index (χ1n) is 10.1. The Balaban J connectivity index is 1.71. The highest BCUT2D eigenvalue weighted by Gasteiger charge is 2.26. The fraction of sp³-hybridized carbons (Fsp3) is 0.292. The topological polar surface area (TPSA) is 108 Å². The van der Waals surface area contributed by atoms with E-state index in [0.717, 1.165) is 4.47 Å². The first-order valence-corrected chi connectivity index (χ1v) is 10.9. The largest absolute Gasteiger partial charge is 0.483 e. The zero-order chi connectivity index (χ0) is 23.5. The summed E-state index contributed by atoms with van der Waals surface area (Å²) in [7, 11) is 0. The predicted octanol–water partition coefficient (Wildman–Crippen LogP) is 4.15. The number of amides is 1. The van der Waals surface area contributed by atoms with Gasteiger partial charge < -0.3 is 20.5 Å². The van der Waals surface area contributed by atoms with E-state index in [1.54, 1.807) is 36.4 Å². The zero-order valence-electron chi connectivity index (χ0n) is 18.1. The van der Waals surface area contributed by atoms with Crippen molar-refractivity contribution < 1.29 is 23.9 Å². The van der Waals surface area contributed by atoms with E-state index in [1.165, 1.54) is 6.92 Å². The molecule has 0 saturated heterocycles. The van der Waals surface area contributed by atoms with Crippen LogP contribution in [0.1, 0.15) is 53.5 Å². The lowest BCUT2D eigenvalue weighted by Gasteiger charge is -2.29. The van der Waals surface area contributed by atoms with Gasteiger partial charge in [-0.05, 0) is 62.4 Å². The van der Waals surface area contributed by atoms with Gasteiger partial charge in [0.05, 0.1) is 17.3 Å². The van der Waals surface area contributed by atoms with Gasteiger partial charge in [-0.15, -0.1) is 0 Å². The molecule has 8 heteroatoms. The van der Waals surface area contributed by atoms with Crippen molar-refractivity contribution in [2.45, 2.75) is 38.8 Å². The maximum Gasteiger partial charge on any atom is 0.338 e. The Kier molecular flexibility index (Phi) is 7.03. The van der Waals surface area contributed by atoms with Crippen molar-refractivity contribution in [3.8, 4) is 5.75 Å². The molecule has 0 radical (unpaired) electrons. The fourth-order valence-electron chi connectivity index (χ4n) is 3.34. The van der Waals surface area contributed by atoms with Crippen molar-refractivity contribution in [3.05, 3.63) is 63.6 Å². The van der Waals surface area contributed by atoms with Crippen molar-refractivity contribution in [1.82, 2.24) is 5.32 Å². The number of rotatable bonds is 7. The number of nitrogen functional groups attached to an aromatic ring is 1. The quantitative estimate of drug-likeness (QED) is 0.335. The molecule has 32 heavy (non-hydrogen) atoms. The predicted molar refractivity (Wildman–Crippen MR) is 126 cm³/mol. The Labute approximate surface area is 195 Å². The number of anilines is 1. The van der Waals surface area contributed by atoms with Gasteiger partial charge in [0, 0.05) is 28.9 Å². The SMILES string of the molecule is CC(=O)N[C@@H](COC(=O)c1ccc(Br)cc1)CC(=O)c1ccc2c(c1N)C=CC(C)(C)O2. The van der Waals surface area contributed by atoms with Crippen LogP contribution in [0.15, 0.2) is 46.9 Å². The second-order valence-corrected chi connectivity index (χ2v) is 9.02. The Morgan fingerprint density at radius 1 is 1.16 bits per heavy atom. The third-order valence-corrected chi connectivity index (χ3v) is 5.44. The van der Waals surface area contributed by atoms with Gasteiger partial charge in [0.15, 0.2) is 5.78 Å². The Hall–Kier alpha value is -3.13. The van der Waals surface area contributed by atoms with Crippen LogP contribution in [0.25, 0.3) is 6.08 Å². The van der Waals surface area contributed by atoms with Crippen LogP contribution in [0, 0.1) is 0 Å². The number of ether oxygens (including phenoxy) is 2. The Bertz CT molecular complexity index is 1080. The molecule has 0 spiro atoms. The molecule has 2 aromatic carbocycles. The van der Waals surface area contributed by atoms with Crippen LogP contribution in [0.5, 0.6) is 5.75 Å². The van der Waals surface area contributed by atoms with Crippen LogP contribution in [0.2, 0.25) is 0 Å². The van der Waals surface area contributed by atoms with E-state index >= 15 is 0 Å². The molecule has 1 aliphatic heterocycles. The minimum Gasteiger partial charge on any atom is -0.483 e. The highest BCUT2D eigenvalue weighted by atomic mass is 79.9. The molecule has 3 N–H and O–H groups in total. The third-order valence-electron chi connectivity index (χ3n) is 4.91. The summed E-state index contributed by atoms with van der Waals surface area (Å²) in [5, 5.41) is 2.67. The van der Waals surface area contributed by atoms with Crippen molar-refractivity contribution in [1.29, 1.82) is 0 Å². The Morgan fingerprint density at radius 2 is 1.84 bits per heavy atom. The average molecular weight is 501 g/mol. The van der Waals surface area contributed by atoms with Crippen molar-refractivity contribution >= 4 is 45.4 Å². The van der Waals surface area contributed by atoms with Crippen molar-refractivity contribution in [2.75, 3.05) is 12.3 Å². The molecule has 0 aromatic heterocycles. The van der Waals surface area contributed by atoms with Gasteiger partial charge in [0.2, 0.25) is 5.91 Å². The summed E-state index contributed by atoms with van der Waals surface area (Å²) in [6, 6.07) is 9.33. The molecule has 3 rings (SSSR count). The second kappa shape index (κ2) is 9.56. The summed E-state index contributed by atoms with van der Waals surface area (Å²) in [4.78, 5) is 36.9. The standard InChI is InChI=1S/C24H25BrN2O5/c1-14(28)27-17(13-31-23(30)15-4-6-16(25)7-5-15)12-20(29)18-8-9-21-19(22(18)26)10-11-24(2,3)32-21/h4-11,17H,12-13,26H2,1-3H3,(H,27,28)/t17-/m1/s1.